The summed E-state index contributed by atoms with van der Waals surface area (Å²) in [6, 6.07) is 7.36. The number of hydrogen-bond acceptors (Lipinski definition) is 4. The van der Waals surface area contributed by atoms with Gasteiger partial charge in [-0.3, -0.25) is 14.2 Å². The number of rotatable bonds is 5. The van der Waals surface area contributed by atoms with Crippen LogP contribution in [0.2, 0.25) is 5.02 Å². The summed E-state index contributed by atoms with van der Waals surface area (Å²) in [5.41, 5.74) is 0.952. The number of nitrogens with zero attached hydrogens (tertiary/aromatic N) is 4. The maximum absolute atomic E-state index is 12.8. The van der Waals surface area contributed by atoms with Gasteiger partial charge in [-0.15, -0.1) is 0 Å². The number of aromatic nitrogens is 4. The quantitative estimate of drug-likeness (QED) is 0.712. The largest absolute Gasteiger partial charge is 0.352 e. The van der Waals surface area contributed by atoms with E-state index in [0.29, 0.717) is 28.4 Å². The normalized spacial score (nSPS) is 11.8. The van der Waals surface area contributed by atoms with Crippen LogP contribution in [0.3, 0.4) is 0 Å². The van der Waals surface area contributed by atoms with E-state index in [9.17, 15) is 9.59 Å². The lowest BCUT2D eigenvalue weighted by atomic mass is 10.1. The molecule has 0 saturated carbocycles. The van der Waals surface area contributed by atoms with Gasteiger partial charge in [0, 0.05) is 24.5 Å². The highest BCUT2D eigenvalue weighted by Crippen LogP contribution is 2.18. The summed E-state index contributed by atoms with van der Waals surface area (Å²) in [7, 11) is 0. The third-order valence-corrected chi connectivity index (χ3v) is 4.88. The van der Waals surface area contributed by atoms with E-state index < -0.39 is 0 Å². The Labute approximate surface area is 168 Å². The van der Waals surface area contributed by atoms with Crippen molar-refractivity contribution in [2.24, 2.45) is 0 Å². The molecule has 1 aromatic carbocycles. The van der Waals surface area contributed by atoms with E-state index in [2.05, 4.69) is 15.4 Å². The average molecular weight is 402 g/mol. The molecule has 148 valence electrons. The second-order valence-electron chi connectivity index (χ2n) is 7.70. The lowest BCUT2D eigenvalue weighted by Gasteiger charge is -2.20. The number of amides is 1. The molecule has 2 heterocycles. The van der Waals surface area contributed by atoms with Crippen molar-refractivity contribution >= 4 is 28.5 Å². The fraction of sp³-hybridized carbons (Fsp3) is 0.400. The van der Waals surface area contributed by atoms with Crippen LogP contribution >= 0.6 is 11.6 Å². The molecule has 0 unspecified atom stereocenters. The molecule has 1 N–H and O–H groups in total. The van der Waals surface area contributed by atoms with Gasteiger partial charge in [-0.25, -0.2) is 9.67 Å². The summed E-state index contributed by atoms with van der Waals surface area (Å²) in [4.78, 5) is 29.6. The summed E-state index contributed by atoms with van der Waals surface area (Å²) < 4.78 is 3.27. The van der Waals surface area contributed by atoms with Gasteiger partial charge >= 0.3 is 0 Å². The zero-order valence-electron chi connectivity index (χ0n) is 16.5. The van der Waals surface area contributed by atoms with Crippen LogP contribution in [0.5, 0.6) is 0 Å². The summed E-state index contributed by atoms with van der Waals surface area (Å²) in [6.07, 6.45) is 1.72. The van der Waals surface area contributed by atoms with Crippen LogP contribution < -0.4 is 10.9 Å². The van der Waals surface area contributed by atoms with Crippen LogP contribution in [0.15, 0.2) is 35.3 Å². The van der Waals surface area contributed by atoms with Crippen LogP contribution in [0.25, 0.3) is 11.0 Å². The van der Waals surface area contributed by atoms with Crippen molar-refractivity contribution < 1.29 is 4.79 Å². The Morgan fingerprint density at radius 1 is 1.25 bits per heavy atom. The van der Waals surface area contributed by atoms with Gasteiger partial charge in [-0.2, -0.15) is 5.10 Å². The molecule has 0 radical (unpaired) electrons. The predicted octanol–water partition coefficient (Wildman–Crippen LogP) is 3.02. The van der Waals surface area contributed by atoms with Crippen molar-refractivity contribution in [2.75, 3.05) is 0 Å². The number of aryl methyl sites for hydroxylation is 1. The highest BCUT2D eigenvalue weighted by Gasteiger charge is 2.21. The van der Waals surface area contributed by atoms with Gasteiger partial charge in [0.2, 0.25) is 5.91 Å². The van der Waals surface area contributed by atoms with Gasteiger partial charge in [-0.05, 0) is 39.3 Å². The van der Waals surface area contributed by atoms with Crippen LogP contribution in [0.4, 0.5) is 0 Å². The molecular weight excluding hydrogens is 378 g/mol. The summed E-state index contributed by atoms with van der Waals surface area (Å²) >= 11 is 6.10. The molecule has 0 saturated heterocycles. The van der Waals surface area contributed by atoms with Gasteiger partial charge in [0.25, 0.3) is 5.56 Å². The molecule has 28 heavy (non-hydrogen) atoms. The molecule has 0 aliphatic rings. The first-order valence-electron chi connectivity index (χ1n) is 9.14. The fourth-order valence-electron chi connectivity index (χ4n) is 3.00. The molecule has 0 atom stereocenters. The van der Waals surface area contributed by atoms with E-state index in [1.165, 1.54) is 4.57 Å². The van der Waals surface area contributed by atoms with E-state index in [4.69, 9.17) is 11.6 Å². The maximum atomic E-state index is 12.8. The Hall–Kier alpha value is -2.67. The van der Waals surface area contributed by atoms with Crippen LogP contribution in [0, 0.1) is 6.92 Å². The number of carbonyl (C=O) groups is 1. The Morgan fingerprint density at radius 3 is 2.64 bits per heavy atom. The number of halogens is 1. The molecular formula is C20H24ClN5O2. The van der Waals surface area contributed by atoms with Crippen molar-refractivity contribution in [3.63, 3.8) is 0 Å². The molecule has 0 aliphatic carbocycles. The average Bonchev–Trinajstić information content (AvgIpc) is 3.05. The first-order chi connectivity index (χ1) is 13.2. The molecule has 0 aliphatic heterocycles. The third kappa shape index (κ3) is 4.09. The van der Waals surface area contributed by atoms with Gasteiger partial charge in [-0.1, -0.05) is 29.8 Å². The maximum Gasteiger partial charge on any atom is 0.264 e. The van der Waals surface area contributed by atoms with Gasteiger partial charge in [0.1, 0.15) is 11.2 Å². The Bertz CT molecular complexity index is 1080. The molecule has 0 spiro atoms. The number of nitrogens with one attached hydrogen (secondary N) is 1. The highest BCUT2D eigenvalue weighted by molar-refractivity contribution is 6.31. The van der Waals surface area contributed by atoms with Crippen molar-refractivity contribution in [1.29, 1.82) is 0 Å². The number of benzene rings is 1. The highest BCUT2D eigenvalue weighted by atomic mass is 35.5. The Morgan fingerprint density at radius 2 is 1.96 bits per heavy atom. The fourth-order valence-corrected chi connectivity index (χ4v) is 3.20. The Kier molecular flexibility index (Phi) is 5.56. The van der Waals surface area contributed by atoms with Crippen LogP contribution in [-0.2, 0) is 23.4 Å². The van der Waals surface area contributed by atoms with Gasteiger partial charge in [0.05, 0.1) is 11.7 Å². The Balaban J connectivity index is 1.73. The molecule has 3 aromatic rings. The van der Waals surface area contributed by atoms with Gasteiger partial charge in [0.15, 0.2) is 5.65 Å². The summed E-state index contributed by atoms with van der Waals surface area (Å²) in [5, 5.41) is 8.23. The van der Waals surface area contributed by atoms with E-state index in [-0.39, 0.29) is 30.0 Å². The zero-order chi connectivity index (χ0) is 20.5. The third-order valence-electron chi connectivity index (χ3n) is 4.51. The molecule has 0 fully saturated rings. The van der Waals surface area contributed by atoms with E-state index in [1.54, 1.807) is 23.9 Å². The van der Waals surface area contributed by atoms with E-state index in [0.717, 1.165) is 5.56 Å². The second kappa shape index (κ2) is 7.75. The molecule has 8 heteroatoms. The first kappa shape index (κ1) is 20.1. The minimum Gasteiger partial charge on any atom is -0.352 e. The molecule has 1 amide bonds. The summed E-state index contributed by atoms with van der Waals surface area (Å²) in [6.45, 7) is 8.38. The molecule has 3 rings (SSSR count). The zero-order valence-corrected chi connectivity index (χ0v) is 17.2. The van der Waals surface area contributed by atoms with Crippen LogP contribution in [-0.4, -0.2) is 25.2 Å². The minimum absolute atomic E-state index is 0.156. The van der Waals surface area contributed by atoms with Crippen molar-refractivity contribution in [3.8, 4) is 0 Å². The smallest absolute Gasteiger partial charge is 0.264 e. The van der Waals surface area contributed by atoms with Gasteiger partial charge < -0.3 is 5.32 Å². The number of hydrogen-bond donors (Lipinski definition) is 1. The lowest BCUT2D eigenvalue weighted by molar-refractivity contribution is -0.121. The standard InChI is InChI=1S/C20H24ClN5O2/c1-13-24-18-15(12-23-26(18)20(2,3)4)19(28)25(13)10-9-17(27)22-11-14-7-5-6-8-16(14)21/h5-8,12H,9-11H2,1-4H3,(H,22,27). The molecule has 2 aromatic heterocycles. The summed E-state index contributed by atoms with van der Waals surface area (Å²) in [5.74, 6) is 0.402. The topological polar surface area (TPSA) is 81.8 Å². The SMILES string of the molecule is Cc1nc2c(cnn2C(C)(C)C)c(=O)n1CCC(=O)NCc1ccccc1Cl. The number of carbonyl (C=O) groups excluding carboxylic acids is 1. The second-order valence-corrected chi connectivity index (χ2v) is 8.11. The van der Waals surface area contributed by atoms with Crippen molar-refractivity contribution in [1.82, 2.24) is 24.6 Å². The van der Waals surface area contributed by atoms with E-state index in [1.807, 2.05) is 39.0 Å². The van der Waals surface area contributed by atoms with E-state index >= 15 is 0 Å². The van der Waals surface area contributed by atoms with Crippen LogP contribution in [0.1, 0.15) is 38.6 Å². The van der Waals surface area contributed by atoms with Crippen molar-refractivity contribution in [3.05, 3.63) is 57.2 Å². The molecule has 7 nitrogen and oxygen atoms in total. The predicted molar refractivity (Wildman–Crippen MR) is 109 cm³/mol. The monoisotopic (exact) mass is 401 g/mol. The minimum atomic E-state index is -0.279. The molecule has 0 bridgehead atoms. The number of fused-ring (bicyclic) bond motifs is 1. The first-order valence-corrected chi connectivity index (χ1v) is 9.52. The lowest BCUT2D eigenvalue weighted by Crippen LogP contribution is -2.30. The van der Waals surface area contributed by atoms with Crippen molar-refractivity contribution in [2.45, 2.75) is 52.7 Å².